The molecule has 3 nitrogen and oxygen atoms in total. The third-order valence-corrected chi connectivity index (χ3v) is 4.00. The van der Waals surface area contributed by atoms with Gasteiger partial charge in [0.15, 0.2) is 0 Å². The van der Waals surface area contributed by atoms with Crippen molar-refractivity contribution in [1.82, 2.24) is 10.2 Å². The molecule has 8 heteroatoms. The van der Waals surface area contributed by atoms with Crippen LogP contribution in [0.4, 0.5) is 13.2 Å². The number of aliphatic hydroxyl groups excluding tert-OH is 1. The van der Waals surface area contributed by atoms with E-state index in [9.17, 15) is 18.3 Å². The topological polar surface area (TPSA) is 35.5 Å². The minimum Gasteiger partial charge on any atom is -0.394 e. The van der Waals surface area contributed by atoms with Gasteiger partial charge in [-0.25, -0.2) is 0 Å². The van der Waals surface area contributed by atoms with E-state index in [1.807, 2.05) is 0 Å². The van der Waals surface area contributed by atoms with Crippen LogP contribution in [0.15, 0.2) is 29.2 Å². The highest BCUT2D eigenvalue weighted by Crippen LogP contribution is 2.37. The predicted molar refractivity (Wildman–Crippen MR) is 79.9 cm³/mol. The Hall–Kier alpha value is -0.470. The van der Waals surface area contributed by atoms with Crippen LogP contribution in [0.1, 0.15) is 11.6 Å². The molecule has 0 unspecified atom stereocenters. The van der Waals surface area contributed by atoms with Crippen LogP contribution < -0.4 is 5.32 Å². The van der Waals surface area contributed by atoms with Crippen molar-refractivity contribution in [1.29, 1.82) is 0 Å². The zero-order valence-corrected chi connectivity index (χ0v) is 12.9. The summed E-state index contributed by atoms with van der Waals surface area (Å²) in [5.41, 5.74) is -3.42. The Bertz CT molecular complexity index is 424. The summed E-state index contributed by atoms with van der Waals surface area (Å²) < 4.78 is 36.8. The molecule has 1 aromatic carbocycles. The van der Waals surface area contributed by atoms with Gasteiger partial charge in [0.25, 0.3) is 0 Å². The van der Waals surface area contributed by atoms with Crippen LogP contribution in [0.2, 0.25) is 0 Å². The Morgan fingerprint density at radius 1 is 1.19 bits per heavy atom. The van der Waals surface area contributed by atoms with Gasteiger partial charge in [-0.05, 0) is 29.5 Å². The average Bonchev–Trinajstić information content (AvgIpc) is 2.41. The van der Waals surface area contributed by atoms with Crippen LogP contribution in [0, 0.1) is 0 Å². The largest absolute Gasteiger partial charge is 0.446 e. The second-order valence-corrected chi connectivity index (χ2v) is 5.74. The number of nitrogens with zero attached hydrogens (tertiary/aromatic N) is 1. The van der Waals surface area contributed by atoms with E-state index < -0.39 is 5.51 Å². The van der Waals surface area contributed by atoms with Crippen molar-refractivity contribution in [3.8, 4) is 0 Å². The molecule has 1 heterocycles. The average molecular weight is 343 g/mol. The van der Waals surface area contributed by atoms with Gasteiger partial charge in [0.05, 0.1) is 12.6 Å². The second-order valence-electron chi connectivity index (χ2n) is 4.60. The van der Waals surface area contributed by atoms with Gasteiger partial charge in [0, 0.05) is 31.1 Å². The van der Waals surface area contributed by atoms with E-state index in [0.29, 0.717) is 0 Å². The lowest BCUT2D eigenvalue weighted by atomic mass is 10.1. The molecule has 2 N–H and O–H groups in total. The van der Waals surface area contributed by atoms with Crippen LogP contribution in [-0.2, 0) is 0 Å². The van der Waals surface area contributed by atoms with Gasteiger partial charge in [-0.2, -0.15) is 13.2 Å². The second kappa shape index (κ2) is 8.24. The number of aliphatic hydroxyl groups is 1. The summed E-state index contributed by atoms with van der Waals surface area (Å²) in [4.78, 5) is 2.31. The standard InChI is InChI=1S/C13H17F3N2OS.ClH/c14-13(15,16)20-11-3-1-10(2-4-11)12(9-19)18-7-5-17-6-8-18;/h1-4,12,17,19H,5-9H2;1H/t12-;/m1./s1. The van der Waals surface area contributed by atoms with Gasteiger partial charge in [-0.1, -0.05) is 12.1 Å². The van der Waals surface area contributed by atoms with E-state index in [0.717, 1.165) is 31.7 Å². The molecule has 1 aliphatic heterocycles. The molecule has 0 amide bonds. The lowest BCUT2D eigenvalue weighted by Gasteiger charge is -2.34. The fraction of sp³-hybridized carbons (Fsp3) is 0.538. The number of hydrogen-bond acceptors (Lipinski definition) is 4. The van der Waals surface area contributed by atoms with Crippen molar-refractivity contribution in [2.45, 2.75) is 16.4 Å². The van der Waals surface area contributed by atoms with E-state index in [1.165, 1.54) is 12.1 Å². The van der Waals surface area contributed by atoms with Crippen LogP contribution in [0.3, 0.4) is 0 Å². The number of hydrogen-bond donors (Lipinski definition) is 2. The lowest BCUT2D eigenvalue weighted by molar-refractivity contribution is -0.0328. The first-order valence-electron chi connectivity index (χ1n) is 6.41. The maximum Gasteiger partial charge on any atom is 0.446 e. The van der Waals surface area contributed by atoms with Crippen LogP contribution in [-0.4, -0.2) is 48.3 Å². The molecule has 120 valence electrons. The molecule has 1 aromatic rings. The SMILES string of the molecule is Cl.OC[C@H](c1ccc(SC(F)(F)F)cc1)N1CCNCC1. The summed E-state index contributed by atoms with van der Waals surface area (Å²) in [7, 11) is 0. The van der Waals surface area contributed by atoms with Gasteiger partial charge in [-0.3, -0.25) is 4.90 Å². The zero-order chi connectivity index (χ0) is 14.6. The molecule has 1 fully saturated rings. The fourth-order valence-electron chi connectivity index (χ4n) is 2.32. The van der Waals surface area contributed by atoms with Gasteiger partial charge in [-0.15, -0.1) is 12.4 Å². The number of rotatable bonds is 4. The Morgan fingerprint density at radius 2 is 1.76 bits per heavy atom. The van der Waals surface area contributed by atoms with E-state index in [4.69, 9.17) is 0 Å². The molecule has 0 radical (unpaired) electrons. The van der Waals surface area contributed by atoms with Crippen molar-refractivity contribution >= 4 is 24.2 Å². The molecule has 21 heavy (non-hydrogen) atoms. The normalized spacial score (nSPS) is 18.1. The molecule has 0 saturated carbocycles. The molecule has 0 spiro atoms. The summed E-state index contributed by atoms with van der Waals surface area (Å²) in [6, 6.07) is 6.09. The van der Waals surface area contributed by atoms with E-state index in [-0.39, 0.29) is 41.7 Å². The molecule has 1 aliphatic rings. The van der Waals surface area contributed by atoms with Crippen LogP contribution in [0.5, 0.6) is 0 Å². The third kappa shape index (κ3) is 5.67. The van der Waals surface area contributed by atoms with Crippen molar-refractivity contribution in [3.05, 3.63) is 29.8 Å². The number of halogens is 4. The molecule has 0 aromatic heterocycles. The Kier molecular flexibility index (Phi) is 7.29. The maximum absolute atomic E-state index is 12.3. The molecule has 0 bridgehead atoms. The van der Waals surface area contributed by atoms with E-state index >= 15 is 0 Å². The van der Waals surface area contributed by atoms with Gasteiger partial charge < -0.3 is 10.4 Å². The predicted octanol–water partition coefficient (Wildman–Crippen LogP) is 2.66. The molecule has 1 atom stereocenters. The monoisotopic (exact) mass is 342 g/mol. The van der Waals surface area contributed by atoms with Crippen molar-refractivity contribution in [2.24, 2.45) is 0 Å². The first-order chi connectivity index (χ1) is 9.49. The highest BCUT2D eigenvalue weighted by atomic mass is 35.5. The summed E-state index contributed by atoms with van der Waals surface area (Å²) in [5, 5.41) is 12.8. The van der Waals surface area contributed by atoms with Gasteiger partial charge >= 0.3 is 5.51 Å². The van der Waals surface area contributed by atoms with Crippen molar-refractivity contribution < 1.29 is 18.3 Å². The van der Waals surface area contributed by atoms with Crippen molar-refractivity contribution in [2.75, 3.05) is 32.8 Å². The quantitative estimate of drug-likeness (QED) is 0.825. The highest BCUT2D eigenvalue weighted by Gasteiger charge is 2.29. The first-order valence-corrected chi connectivity index (χ1v) is 7.22. The minimum absolute atomic E-state index is 0. The van der Waals surface area contributed by atoms with Gasteiger partial charge in [0.1, 0.15) is 0 Å². The van der Waals surface area contributed by atoms with Crippen LogP contribution in [0.25, 0.3) is 0 Å². The Labute approximate surface area is 132 Å². The molecule has 2 rings (SSSR count). The smallest absolute Gasteiger partial charge is 0.394 e. The number of thioether (sulfide) groups is 1. The number of piperazine rings is 1. The molecular formula is C13H18ClF3N2OS. The first kappa shape index (κ1) is 18.6. The zero-order valence-electron chi connectivity index (χ0n) is 11.3. The maximum atomic E-state index is 12.3. The Balaban J connectivity index is 0.00000220. The number of alkyl halides is 3. The van der Waals surface area contributed by atoms with Gasteiger partial charge in [0.2, 0.25) is 0 Å². The third-order valence-electron chi connectivity index (χ3n) is 3.26. The number of benzene rings is 1. The summed E-state index contributed by atoms with van der Waals surface area (Å²) >= 11 is -0.122. The highest BCUT2D eigenvalue weighted by molar-refractivity contribution is 8.00. The molecular weight excluding hydrogens is 325 g/mol. The van der Waals surface area contributed by atoms with E-state index in [2.05, 4.69) is 10.2 Å². The Morgan fingerprint density at radius 3 is 2.24 bits per heavy atom. The van der Waals surface area contributed by atoms with Crippen LogP contribution >= 0.6 is 24.2 Å². The minimum atomic E-state index is -4.27. The number of nitrogens with one attached hydrogen (secondary N) is 1. The van der Waals surface area contributed by atoms with Crippen molar-refractivity contribution in [3.63, 3.8) is 0 Å². The fourth-order valence-corrected chi connectivity index (χ4v) is 2.86. The summed E-state index contributed by atoms with van der Waals surface area (Å²) in [6.07, 6.45) is 0. The molecule has 1 saturated heterocycles. The summed E-state index contributed by atoms with van der Waals surface area (Å²) in [6.45, 7) is 3.33. The van der Waals surface area contributed by atoms with E-state index in [1.54, 1.807) is 12.1 Å². The molecule has 0 aliphatic carbocycles. The summed E-state index contributed by atoms with van der Waals surface area (Å²) in [5.74, 6) is 0. The lowest BCUT2D eigenvalue weighted by Crippen LogP contribution is -2.46.